The Balaban J connectivity index is 2.07. The Bertz CT molecular complexity index is 623. The molecule has 1 heterocycles. The first kappa shape index (κ1) is 19.3. The van der Waals surface area contributed by atoms with Crippen LogP contribution in [0.3, 0.4) is 0 Å². The summed E-state index contributed by atoms with van der Waals surface area (Å²) in [4.78, 5) is 38.1. The molecule has 3 atom stereocenters. The van der Waals surface area contributed by atoms with E-state index in [0.717, 1.165) is 5.75 Å². The van der Waals surface area contributed by atoms with Gasteiger partial charge in [-0.15, -0.1) is 0 Å². The van der Waals surface area contributed by atoms with E-state index >= 15 is 0 Å². The lowest BCUT2D eigenvalue weighted by atomic mass is 9.99. The summed E-state index contributed by atoms with van der Waals surface area (Å²) in [6, 6.07) is 8.12. The molecule has 25 heavy (non-hydrogen) atoms. The zero-order valence-corrected chi connectivity index (χ0v) is 15.3. The summed E-state index contributed by atoms with van der Waals surface area (Å²) in [6.07, 6.45) is 2.46. The molecule has 7 heteroatoms. The fourth-order valence-corrected chi connectivity index (χ4v) is 3.48. The number of nitrogens with zero attached hydrogens (tertiary/aromatic N) is 1. The highest BCUT2D eigenvalue weighted by Gasteiger charge is 2.39. The third kappa shape index (κ3) is 4.98. The van der Waals surface area contributed by atoms with Crippen molar-refractivity contribution < 1.29 is 19.5 Å². The molecule has 2 rings (SSSR count). The number of thioether (sulfide) groups is 1. The number of nitrogens with one attached hydrogen (secondary N) is 1. The van der Waals surface area contributed by atoms with Crippen LogP contribution in [0, 0.1) is 11.8 Å². The largest absolute Gasteiger partial charge is 0.481 e. The highest BCUT2D eigenvalue weighted by molar-refractivity contribution is 7.98. The highest BCUT2D eigenvalue weighted by Crippen LogP contribution is 2.24. The van der Waals surface area contributed by atoms with E-state index in [9.17, 15) is 19.5 Å². The van der Waals surface area contributed by atoms with Gasteiger partial charge >= 0.3 is 5.97 Å². The minimum absolute atomic E-state index is 0.0903. The van der Waals surface area contributed by atoms with Crippen molar-refractivity contribution in [3.63, 3.8) is 0 Å². The molecule has 2 amide bonds. The summed E-state index contributed by atoms with van der Waals surface area (Å²) < 4.78 is 0. The second kappa shape index (κ2) is 8.89. The average Bonchev–Trinajstić information content (AvgIpc) is 3.00. The molecule has 0 aliphatic carbocycles. The second-order valence-electron chi connectivity index (χ2n) is 6.34. The fourth-order valence-electron chi connectivity index (χ4n) is 3.01. The molecule has 1 saturated heterocycles. The highest BCUT2D eigenvalue weighted by atomic mass is 32.2. The molecule has 0 bridgehead atoms. The van der Waals surface area contributed by atoms with E-state index in [2.05, 4.69) is 5.32 Å². The smallest absolute Gasteiger partial charge is 0.308 e. The summed E-state index contributed by atoms with van der Waals surface area (Å²) in [5.41, 5.74) is 0.502. The Morgan fingerprint density at radius 3 is 2.52 bits per heavy atom. The third-order valence-corrected chi connectivity index (χ3v) is 5.14. The van der Waals surface area contributed by atoms with Crippen molar-refractivity contribution >= 4 is 29.5 Å². The standard InChI is InChI=1S/C18H24N2O4S/c1-12-10-20(11-14(12)18(23)24)17(22)15(8-9-25-2)19-16(21)13-6-4-3-5-7-13/h3-7,12,14-15H,8-11H2,1-2H3,(H,19,21)(H,23,24)/t12-,14-,15?/m1/s1. The fraction of sp³-hybridized carbons (Fsp3) is 0.500. The van der Waals surface area contributed by atoms with Crippen LogP contribution < -0.4 is 5.32 Å². The van der Waals surface area contributed by atoms with Crippen LogP contribution in [0.2, 0.25) is 0 Å². The molecule has 2 N–H and O–H groups in total. The first-order chi connectivity index (χ1) is 11.9. The van der Waals surface area contributed by atoms with Gasteiger partial charge in [-0.05, 0) is 36.5 Å². The quantitative estimate of drug-likeness (QED) is 0.769. The number of carbonyl (C=O) groups excluding carboxylic acids is 2. The van der Waals surface area contributed by atoms with Crippen LogP contribution in [0.25, 0.3) is 0 Å². The first-order valence-corrected chi connectivity index (χ1v) is 9.69. The monoisotopic (exact) mass is 364 g/mol. The van der Waals surface area contributed by atoms with Gasteiger partial charge in [0.2, 0.25) is 5.91 Å². The molecule has 136 valence electrons. The van der Waals surface area contributed by atoms with Crippen molar-refractivity contribution in [1.82, 2.24) is 10.2 Å². The van der Waals surface area contributed by atoms with Gasteiger partial charge in [0.25, 0.3) is 5.91 Å². The summed E-state index contributed by atoms with van der Waals surface area (Å²) in [5, 5.41) is 12.1. The number of amides is 2. The summed E-state index contributed by atoms with van der Waals surface area (Å²) in [5.74, 6) is -1.27. The van der Waals surface area contributed by atoms with E-state index in [4.69, 9.17) is 0 Å². The summed E-state index contributed by atoms with van der Waals surface area (Å²) in [6.45, 7) is 2.45. The molecule has 0 aromatic heterocycles. The van der Waals surface area contributed by atoms with E-state index in [1.165, 1.54) is 0 Å². The number of carboxylic acids is 1. The molecular formula is C18H24N2O4S. The molecule has 0 radical (unpaired) electrons. The lowest BCUT2D eigenvalue weighted by Crippen LogP contribution is -2.48. The van der Waals surface area contributed by atoms with E-state index in [-0.39, 0.29) is 24.3 Å². The number of rotatable bonds is 7. The van der Waals surface area contributed by atoms with Crippen LogP contribution in [0.1, 0.15) is 23.7 Å². The minimum atomic E-state index is -0.878. The molecule has 1 aromatic carbocycles. The van der Waals surface area contributed by atoms with Gasteiger partial charge in [0.1, 0.15) is 6.04 Å². The van der Waals surface area contributed by atoms with Crippen molar-refractivity contribution in [1.29, 1.82) is 0 Å². The van der Waals surface area contributed by atoms with E-state index in [1.54, 1.807) is 40.9 Å². The Morgan fingerprint density at radius 1 is 1.28 bits per heavy atom. The molecule has 6 nitrogen and oxygen atoms in total. The number of carboxylic acid groups (broad SMARTS) is 1. The SMILES string of the molecule is CSCCC(NC(=O)c1ccccc1)C(=O)N1C[C@@H](C)[C@H](C(=O)O)C1. The lowest BCUT2D eigenvalue weighted by molar-refractivity contribution is -0.142. The Hall–Kier alpha value is -2.02. The predicted octanol–water partition coefficient (Wildman–Crippen LogP) is 1.72. The van der Waals surface area contributed by atoms with Crippen molar-refractivity contribution in [2.45, 2.75) is 19.4 Å². The van der Waals surface area contributed by atoms with Crippen LogP contribution >= 0.6 is 11.8 Å². The number of hydrogen-bond donors (Lipinski definition) is 2. The Morgan fingerprint density at radius 2 is 1.96 bits per heavy atom. The number of likely N-dealkylation sites (tertiary alicyclic amines) is 1. The van der Waals surface area contributed by atoms with Crippen LogP contribution in [-0.4, -0.2) is 58.9 Å². The molecular weight excluding hydrogens is 340 g/mol. The van der Waals surface area contributed by atoms with Gasteiger partial charge < -0.3 is 15.3 Å². The van der Waals surface area contributed by atoms with Gasteiger partial charge in [-0.2, -0.15) is 11.8 Å². The van der Waals surface area contributed by atoms with Gasteiger partial charge in [0.05, 0.1) is 5.92 Å². The van der Waals surface area contributed by atoms with Gasteiger partial charge in [0, 0.05) is 18.7 Å². The van der Waals surface area contributed by atoms with Crippen LogP contribution in [0.15, 0.2) is 30.3 Å². The number of benzene rings is 1. The van der Waals surface area contributed by atoms with Crippen molar-refractivity contribution in [3.05, 3.63) is 35.9 Å². The van der Waals surface area contributed by atoms with Crippen molar-refractivity contribution in [3.8, 4) is 0 Å². The van der Waals surface area contributed by atoms with Crippen LogP contribution in [-0.2, 0) is 9.59 Å². The van der Waals surface area contributed by atoms with E-state index < -0.39 is 17.9 Å². The van der Waals surface area contributed by atoms with E-state index in [0.29, 0.717) is 18.5 Å². The van der Waals surface area contributed by atoms with Gasteiger partial charge in [-0.1, -0.05) is 25.1 Å². The predicted molar refractivity (Wildman–Crippen MR) is 97.6 cm³/mol. The molecule has 1 aromatic rings. The van der Waals surface area contributed by atoms with Crippen LogP contribution in [0.4, 0.5) is 0 Å². The normalized spacial score (nSPS) is 21.0. The molecule has 0 spiro atoms. The van der Waals surface area contributed by atoms with Crippen LogP contribution in [0.5, 0.6) is 0 Å². The number of aliphatic carboxylic acids is 1. The third-order valence-electron chi connectivity index (χ3n) is 4.49. The van der Waals surface area contributed by atoms with Gasteiger partial charge in [0.15, 0.2) is 0 Å². The maximum atomic E-state index is 12.8. The Kier molecular flexibility index (Phi) is 6.87. The van der Waals surface area contributed by atoms with Gasteiger partial charge in [-0.3, -0.25) is 14.4 Å². The maximum absolute atomic E-state index is 12.8. The minimum Gasteiger partial charge on any atom is -0.481 e. The molecule has 1 aliphatic rings. The zero-order valence-electron chi connectivity index (χ0n) is 14.5. The topological polar surface area (TPSA) is 86.7 Å². The zero-order chi connectivity index (χ0) is 18.4. The molecule has 0 saturated carbocycles. The first-order valence-electron chi connectivity index (χ1n) is 8.30. The molecule has 1 fully saturated rings. The molecule has 1 unspecified atom stereocenters. The summed E-state index contributed by atoms with van der Waals surface area (Å²) in [7, 11) is 0. The Labute approximate surface area is 152 Å². The van der Waals surface area contributed by atoms with Gasteiger partial charge in [-0.25, -0.2) is 0 Å². The number of carbonyl (C=O) groups is 3. The van der Waals surface area contributed by atoms with Crippen molar-refractivity contribution in [2.24, 2.45) is 11.8 Å². The maximum Gasteiger partial charge on any atom is 0.308 e. The van der Waals surface area contributed by atoms with E-state index in [1.807, 2.05) is 19.2 Å². The summed E-state index contributed by atoms with van der Waals surface area (Å²) >= 11 is 1.60. The molecule has 1 aliphatic heterocycles. The average molecular weight is 364 g/mol. The van der Waals surface area contributed by atoms with Crippen molar-refractivity contribution in [2.75, 3.05) is 25.1 Å². The lowest BCUT2D eigenvalue weighted by Gasteiger charge is -2.24. The number of hydrogen-bond acceptors (Lipinski definition) is 4. The second-order valence-corrected chi connectivity index (χ2v) is 7.32.